The van der Waals surface area contributed by atoms with E-state index in [0.717, 1.165) is 0 Å². The molecule has 2 amide bonds. The Bertz CT molecular complexity index is 1140. The van der Waals surface area contributed by atoms with E-state index in [1.165, 1.54) is 25.3 Å². The molecular weight excluding hydrogens is 509 g/mol. The Morgan fingerprint density at radius 1 is 1.14 bits per heavy atom. The van der Waals surface area contributed by atoms with Gasteiger partial charge >= 0.3 is 0 Å². The molecule has 0 fully saturated rings. The zero-order valence-electron chi connectivity index (χ0n) is 20.6. The van der Waals surface area contributed by atoms with E-state index in [1.807, 2.05) is 13.8 Å². The number of hydrogen-bond donors (Lipinski definition) is 2. The van der Waals surface area contributed by atoms with Gasteiger partial charge in [-0.3, -0.25) is 19.7 Å². The Hall–Kier alpha value is -3.37. The van der Waals surface area contributed by atoms with Crippen molar-refractivity contribution in [2.75, 3.05) is 19.0 Å². The lowest BCUT2D eigenvalue weighted by Crippen LogP contribution is -2.49. The third-order valence-electron chi connectivity index (χ3n) is 4.97. The van der Waals surface area contributed by atoms with E-state index in [1.54, 1.807) is 43.3 Å². The topological polar surface area (TPSA) is 126 Å². The highest BCUT2D eigenvalue weighted by molar-refractivity contribution is 6.35. The monoisotopic (exact) mass is 537 g/mol. The molecule has 0 saturated carbocycles. The summed E-state index contributed by atoms with van der Waals surface area (Å²) in [7, 11) is 3.41. The molecule has 0 unspecified atom stereocenters. The van der Waals surface area contributed by atoms with Gasteiger partial charge in [-0.2, -0.15) is 5.10 Å². The molecule has 0 aromatic heterocycles. The van der Waals surface area contributed by atoms with Gasteiger partial charge in [-0.15, -0.1) is 0 Å². The number of nitro benzene ring substituents is 1. The zero-order chi connectivity index (χ0) is 27.0. The van der Waals surface area contributed by atoms with E-state index >= 15 is 0 Å². The van der Waals surface area contributed by atoms with Gasteiger partial charge in [0.25, 0.3) is 17.5 Å². The standard InChI is InChI=1S/C24H29Cl2N5O5/c1-14(2)10-19(28-23(32)15(3)36-22-9-7-17(25)12-18(22)26)24(33)29-27-13-16-6-8-20(30(4)5)21(11-16)31(34)35/h6-9,11-15,19H,10H2,1-5H3,(H,28,32)(H,29,33)/b27-13-/t15-,19-/m0/s1. The molecule has 0 aliphatic carbocycles. The van der Waals surface area contributed by atoms with Gasteiger partial charge in [0.2, 0.25) is 0 Å². The number of rotatable bonds is 11. The third kappa shape index (κ3) is 8.39. The molecule has 2 N–H and O–H groups in total. The van der Waals surface area contributed by atoms with Crippen LogP contribution < -0.4 is 20.4 Å². The van der Waals surface area contributed by atoms with Crippen molar-refractivity contribution < 1.29 is 19.2 Å². The summed E-state index contributed by atoms with van der Waals surface area (Å²) < 4.78 is 5.62. The van der Waals surface area contributed by atoms with E-state index in [2.05, 4.69) is 15.8 Å². The summed E-state index contributed by atoms with van der Waals surface area (Å²) in [5.41, 5.74) is 3.17. The lowest BCUT2D eigenvalue weighted by atomic mass is 10.0. The van der Waals surface area contributed by atoms with E-state index in [0.29, 0.717) is 22.7 Å². The van der Waals surface area contributed by atoms with Crippen molar-refractivity contribution in [1.82, 2.24) is 10.7 Å². The summed E-state index contributed by atoms with van der Waals surface area (Å²) in [6.07, 6.45) is 0.711. The van der Waals surface area contributed by atoms with E-state index in [4.69, 9.17) is 27.9 Å². The number of ether oxygens (including phenoxy) is 1. The Balaban J connectivity index is 2.07. The summed E-state index contributed by atoms with van der Waals surface area (Å²) >= 11 is 12.0. The van der Waals surface area contributed by atoms with E-state index in [-0.39, 0.29) is 22.4 Å². The van der Waals surface area contributed by atoms with Crippen LogP contribution >= 0.6 is 23.2 Å². The second-order valence-electron chi connectivity index (χ2n) is 8.66. The molecule has 10 nitrogen and oxygen atoms in total. The molecule has 0 heterocycles. The van der Waals surface area contributed by atoms with Crippen molar-refractivity contribution in [2.45, 2.75) is 39.3 Å². The molecular formula is C24H29Cl2N5O5. The number of benzene rings is 2. The number of anilines is 1. The number of amides is 2. The molecule has 12 heteroatoms. The van der Waals surface area contributed by atoms with Gasteiger partial charge in [-0.25, -0.2) is 5.43 Å². The highest BCUT2D eigenvalue weighted by atomic mass is 35.5. The maximum absolute atomic E-state index is 12.8. The van der Waals surface area contributed by atoms with Crippen molar-refractivity contribution in [2.24, 2.45) is 11.0 Å². The van der Waals surface area contributed by atoms with Gasteiger partial charge in [0.15, 0.2) is 6.10 Å². The molecule has 0 radical (unpaired) electrons. The summed E-state index contributed by atoms with van der Waals surface area (Å²) in [6, 6.07) is 8.36. The Kier molecular flexibility index (Phi) is 10.5. The number of carbonyl (C=O) groups is 2. The minimum absolute atomic E-state index is 0.0880. The van der Waals surface area contributed by atoms with Gasteiger partial charge in [0.05, 0.1) is 16.2 Å². The fraction of sp³-hybridized carbons (Fsp3) is 0.375. The molecule has 2 rings (SSSR count). The van der Waals surface area contributed by atoms with Crippen LogP contribution in [-0.4, -0.2) is 49.2 Å². The van der Waals surface area contributed by atoms with Crippen molar-refractivity contribution >= 4 is 52.6 Å². The lowest BCUT2D eigenvalue weighted by molar-refractivity contribution is -0.384. The molecule has 0 saturated heterocycles. The normalized spacial score (nSPS) is 12.8. The zero-order valence-corrected chi connectivity index (χ0v) is 22.1. The van der Waals surface area contributed by atoms with Crippen molar-refractivity contribution in [1.29, 1.82) is 0 Å². The van der Waals surface area contributed by atoms with Crippen LogP contribution in [0.3, 0.4) is 0 Å². The molecule has 2 aromatic rings. The van der Waals surface area contributed by atoms with Gasteiger partial charge in [-0.05, 0) is 43.5 Å². The average molecular weight is 538 g/mol. The van der Waals surface area contributed by atoms with Crippen molar-refractivity contribution in [3.63, 3.8) is 0 Å². The highest BCUT2D eigenvalue weighted by Gasteiger charge is 2.25. The Morgan fingerprint density at radius 3 is 2.42 bits per heavy atom. The number of nitrogens with one attached hydrogen (secondary N) is 2. The minimum Gasteiger partial charge on any atom is -0.479 e. The molecule has 0 bridgehead atoms. The van der Waals surface area contributed by atoms with Crippen LogP contribution in [0, 0.1) is 16.0 Å². The fourth-order valence-corrected chi connectivity index (χ4v) is 3.65. The van der Waals surface area contributed by atoms with E-state index < -0.39 is 28.9 Å². The quantitative estimate of drug-likeness (QED) is 0.248. The average Bonchev–Trinajstić information content (AvgIpc) is 2.79. The van der Waals surface area contributed by atoms with Crippen LogP contribution in [-0.2, 0) is 9.59 Å². The first kappa shape index (κ1) is 28.9. The first-order valence-electron chi connectivity index (χ1n) is 11.1. The van der Waals surface area contributed by atoms with Crippen LogP contribution in [0.25, 0.3) is 0 Å². The predicted molar refractivity (Wildman–Crippen MR) is 141 cm³/mol. The summed E-state index contributed by atoms with van der Waals surface area (Å²) in [4.78, 5) is 38.0. The molecule has 194 valence electrons. The van der Waals surface area contributed by atoms with Crippen LogP contribution in [0.1, 0.15) is 32.8 Å². The third-order valence-corrected chi connectivity index (χ3v) is 5.50. The second-order valence-corrected chi connectivity index (χ2v) is 9.50. The number of hydrazone groups is 1. The molecule has 0 spiro atoms. The smallest absolute Gasteiger partial charge is 0.293 e. The van der Waals surface area contributed by atoms with Crippen LogP contribution in [0.2, 0.25) is 10.0 Å². The number of nitrogens with zero attached hydrogens (tertiary/aromatic N) is 3. The molecule has 2 atom stereocenters. The molecule has 2 aromatic carbocycles. The Labute approximate surface area is 219 Å². The number of carbonyl (C=O) groups excluding carboxylic acids is 2. The van der Waals surface area contributed by atoms with Crippen LogP contribution in [0.15, 0.2) is 41.5 Å². The minimum atomic E-state index is -0.939. The SMILES string of the molecule is CC(C)C[C@H](NC(=O)[C@H](C)Oc1ccc(Cl)cc1Cl)C(=O)N/N=C\c1ccc(N(C)C)c([N+](=O)[O-])c1. The van der Waals surface area contributed by atoms with Crippen molar-refractivity contribution in [3.05, 3.63) is 62.1 Å². The molecule has 0 aliphatic heterocycles. The predicted octanol–water partition coefficient (Wildman–Crippen LogP) is 4.42. The largest absolute Gasteiger partial charge is 0.479 e. The fourth-order valence-electron chi connectivity index (χ4n) is 3.20. The Morgan fingerprint density at radius 2 is 1.83 bits per heavy atom. The van der Waals surface area contributed by atoms with Crippen LogP contribution in [0.4, 0.5) is 11.4 Å². The number of nitro groups is 1. The van der Waals surface area contributed by atoms with Gasteiger partial charge in [0.1, 0.15) is 17.5 Å². The first-order chi connectivity index (χ1) is 16.9. The first-order valence-corrected chi connectivity index (χ1v) is 11.8. The number of halogens is 2. The van der Waals surface area contributed by atoms with Crippen molar-refractivity contribution in [3.8, 4) is 5.75 Å². The second kappa shape index (κ2) is 13.1. The number of hydrogen-bond acceptors (Lipinski definition) is 7. The van der Waals surface area contributed by atoms with Gasteiger partial charge in [0, 0.05) is 30.7 Å². The maximum Gasteiger partial charge on any atom is 0.293 e. The molecule has 0 aliphatic rings. The maximum atomic E-state index is 12.8. The van der Waals surface area contributed by atoms with Crippen LogP contribution in [0.5, 0.6) is 5.75 Å². The highest BCUT2D eigenvalue weighted by Crippen LogP contribution is 2.28. The molecule has 36 heavy (non-hydrogen) atoms. The van der Waals surface area contributed by atoms with Gasteiger partial charge < -0.3 is 15.0 Å². The summed E-state index contributed by atoms with van der Waals surface area (Å²) in [5.74, 6) is -0.675. The lowest BCUT2D eigenvalue weighted by Gasteiger charge is -2.22. The van der Waals surface area contributed by atoms with E-state index in [9.17, 15) is 19.7 Å². The summed E-state index contributed by atoms with van der Waals surface area (Å²) in [5, 5.41) is 18.6. The van der Waals surface area contributed by atoms with Gasteiger partial charge in [-0.1, -0.05) is 43.1 Å². The summed E-state index contributed by atoms with van der Waals surface area (Å²) in [6.45, 7) is 5.36.